The van der Waals surface area contributed by atoms with Gasteiger partial charge >= 0.3 is 0 Å². The molecule has 1 aliphatic heterocycles. The van der Waals surface area contributed by atoms with Crippen LogP contribution in [-0.4, -0.2) is 40.1 Å². The summed E-state index contributed by atoms with van der Waals surface area (Å²) >= 11 is 0. The lowest BCUT2D eigenvalue weighted by atomic mass is 10.1. The minimum atomic E-state index is -0.252. The van der Waals surface area contributed by atoms with Crippen molar-refractivity contribution in [1.29, 1.82) is 0 Å². The van der Waals surface area contributed by atoms with E-state index in [0.29, 0.717) is 18.7 Å². The van der Waals surface area contributed by atoms with Crippen LogP contribution in [0.5, 0.6) is 0 Å². The molecule has 1 atom stereocenters. The average molecular weight is 222 g/mol. The van der Waals surface area contributed by atoms with E-state index in [1.807, 2.05) is 0 Å². The summed E-state index contributed by atoms with van der Waals surface area (Å²) in [6.07, 6.45) is 3.60. The van der Waals surface area contributed by atoms with Gasteiger partial charge in [0.2, 0.25) is 11.8 Å². The van der Waals surface area contributed by atoms with Crippen LogP contribution in [0.15, 0.2) is 12.4 Å². The summed E-state index contributed by atoms with van der Waals surface area (Å²) in [7, 11) is 3.49. The van der Waals surface area contributed by atoms with Crippen LogP contribution in [0, 0.1) is 5.92 Å². The molecule has 1 saturated heterocycles. The fourth-order valence-electron chi connectivity index (χ4n) is 1.77. The van der Waals surface area contributed by atoms with Gasteiger partial charge < -0.3 is 10.2 Å². The third kappa shape index (κ3) is 2.05. The molecule has 0 spiro atoms. The van der Waals surface area contributed by atoms with E-state index in [4.69, 9.17) is 0 Å². The first-order valence-electron chi connectivity index (χ1n) is 5.09. The summed E-state index contributed by atoms with van der Waals surface area (Å²) in [5.41, 5.74) is 0.662. The molecular formula is C10H14N4O2. The number of hydrogen-bond acceptors (Lipinski definition) is 3. The fourth-order valence-corrected chi connectivity index (χ4v) is 1.77. The van der Waals surface area contributed by atoms with Gasteiger partial charge in [-0.3, -0.25) is 14.3 Å². The van der Waals surface area contributed by atoms with Gasteiger partial charge in [-0.15, -0.1) is 0 Å². The molecule has 0 bridgehead atoms. The normalized spacial score (nSPS) is 20.2. The first-order chi connectivity index (χ1) is 7.56. The molecule has 0 unspecified atom stereocenters. The first kappa shape index (κ1) is 10.7. The highest BCUT2D eigenvalue weighted by Crippen LogP contribution is 2.18. The fraction of sp³-hybridized carbons (Fsp3) is 0.500. The van der Waals surface area contributed by atoms with Crippen molar-refractivity contribution in [2.45, 2.75) is 6.42 Å². The Morgan fingerprint density at radius 2 is 2.31 bits per heavy atom. The smallest absolute Gasteiger partial charge is 0.229 e. The van der Waals surface area contributed by atoms with Crippen LogP contribution in [0.2, 0.25) is 0 Å². The Balaban J connectivity index is 1.97. The molecule has 1 fully saturated rings. The van der Waals surface area contributed by atoms with Gasteiger partial charge in [-0.05, 0) is 0 Å². The van der Waals surface area contributed by atoms with Crippen molar-refractivity contribution in [1.82, 2.24) is 14.7 Å². The molecule has 0 aliphatic carbocycles. The summed E-state index contributed by atoms with van der Waals surface area (Å²) in [5.74, 6) is -0.352. The quantitative estimate of drug-likeness (QED) is 0.756. The van der Waals surface area contributed by atoms with Crippen LogP contribution in [-0.2, 0) is 16.6 Å². The van der Waals surface area contributed by atoms with Crippen LogP contribution < -0.4 is 5.32 Å². The van der Waals surface area contributed by atoms with Crippen LogP contribution in [0.1, 0.15) is 6.42 Å². The molecule has 16 heavy (non-hydrogen) atoms. The van der Waals surface area contributed by atoms with E-state index < -0.39 is 0 Å². The second-order valence-electron chi connectivity index (χ2n) is 4.07. The van der Waals surface area contributed by atoms with Gasteiger partial charge in [-0.25, -0.2) is 0 Å². The maximum absolute atomic E-state index is 11.8. The molecule has 2 heterocycles. The van der Waals surface area contributed by atoms with Gasteiger partial charge in [0.05, 0.1) is 17.8 Å². The van der Waals surface area contributed by atoms with Crippen molar-refractivity contribution in [3.63, 3.8) is 0 Å². The van der Waals surface area contributed by atoms with E-state index in [-0.39, 0.29) is 17.7 Å². The zero-order valence-corrected chi connectivity index (χ0v) is 9.30. The maximum Gasteiger partial charge on any atom is 0.229 e. The van der Waals surface area contributed by atoms with Gasteiger partial charge in [0.25, 0.3) is 0 Å². The Labute approximate surface area is 93.2 Å². The van der Waals surface area contributed by atoms with Gasteiger partial charge in [0, 0.05) is 33.3 Å². The minimum Gasteiger partial charge on any atom is -0.345 e. The summed E-state index contributed by atoms with van der Waals surface area (Å²) in [6.45, 7) is 0.491. The Morgan fingerprint density at radius 3 is 2.81 bits per heavy atom. The van der Waals surface area contributed by atoms with Gasteiger partial charge in [0.1, 0.15) is 0 Å². The summed E-state index contributed by atoms with van der Waals surface area (Å²) < 4.78 is 1.61. The molecular weight excluding hydrogens is 208 g/mol. The third-order valence-corrected chi connectivity index (χ3v) is 2.68. The number of amides is 2. The molecule has 1 N–H and O–H groups in total. The van der Waals surface area contributed by atoms with E-state index in [2.05, 4.69) is 10.4 Å². The molecule has 6 nitrogen and oxygen atoms in total. The highest BCUT2D eigenvalue weighted by Gasteiger charge is 2.32. The maximum atomic E-state index is 11.8. The predicted molar refractivity (Wildman–Crippen MR) is 57.6 cm³/mol. The number of nitrogens with zero attached hydrogens (tertiary/aromatic N) is 3. The zero-order chi connectivity index (χ0) is 11.7. The number of likely N-dealkylation sites (tertiary alicyclic amines) is 1. The number of aryl methyl sites for hydroxylation is 1. The van der Waals surface area contributed by atoms with Crippen molar-refractivity contribution < 1.29 is 9.59 Å². The second-order valence-corrected chi connectivity index (χ2v) is 4.07. The summed E-state index contributed by atoms with van der Waals surface area (Å²) in [5, 5.41) is 6.70. The third-order valence-electron chi connectivity index (χ3n) is 2.68. The largest absolute Gasteiger partial charge is 0.345 e. The number of rotatable bonds is 2. The predicted octanol–water partition coefficient (Wildman–Crippen LogP) is -0.163. The van der Waals surface area contributed by atoms with Crippen molar-refractivity contribution in [2.24, 2.45) is 13.0 Å². The lowest BCUT2D eigenvalue weighted by Crippen LogP contribution is -2.25. The van der Waals surface area contributed by atoms with Gasteiger partial charge in [-0.2, -0.15) is 5.10 Å². The highest BCUT2D eigenvalue weighted by atomic mass is 16.2. The highest BCUT2D eigenvalue weighted by molar-refractivity contribution is 5.96. The van der Waals surface area contributed by atoms with E-state index in [9.17, 15) is 9.59 Å². The SMILES string of the molecule is CN1C[C@H](C(=O)Nc2cnn(C)c2)CC1=O. The van der Waals surface area contributed by atoms with E-state index in [1.54, 1.807) is 36.1 Å². The van der Waals surface area contributed by atoms with Crippen molar-refractivity contribution in [3.05, 3.63) is 12.4 Å². The summed E-state index contributed by atoms with van der Waals surface area (Å²) in [4.78, 5) is 24.6. The van der Waals surface area contributed by atoms with Crippen LogP contribution in [0.4, 0.5) is 5.69 Å². The molecule has 2 rings (SSSR count). The topological polar surface area (TPSA) is 67.2 Å². The molecule has 0 radical (unpaired) electrons. The second kappa shape index (κ2) is 3.96. The van der Waals surface area contributed by atoms with Crippen LogP contribution in [0.3, 0.4) is 0 Å². The van der Waals surface area contributed by atoms with Crippen molar-refractivity contribution in [3.8, 4) is 0 Å². The molecule has 1 aliphatic rings. The number of carbonyl (C=O) groups is 2. The molecule has 86 valence electrons. The molecule has 0 aromatic carbocycles. The van der Waals surface area contributed by atoms with Crippen LogP contribution in [0.25, 0.3) is 0 Å². The van der Waals surface area contributed by atoms with Crippen LogP contribution >= 0.6 is 0 Å². The number of carbonyl (C=O) groups excluding carboxylic acids is 2. The zero-order valence-electron chi connectivity index (χ0n) is 9.30. The van der Waals surface area contributed by atoms with Crippen molar-refractivity contribution >= 4 is 17.5 Å². The number of aromatic nitrogens is 2. The Hall–Kier alpha value is -1.85. The van der Waals surface area contributed by atoms with Gasteiger partial charge in [0.15, 0.2) is 0 Å². The molecule has 1 aromatic heterocycles. The Bertz CT molecular complexity index is 426. The number of nitrogens with one attached hydrogen (secondary N) is 1. The molecule has 6 heteroatoms. The average Bonchev–Trinajstić information content (AvgIpc) is 2.75. The summed E-state index contributed by atoms with van der Waals surface area (Å²) in [6, 6.07) is 0. The molecule has 1 aromatic rings. The standard InChI is InChI=1S/C10H14N4O2/c1-13-5-7(3-9(13)15)10(16)12-8-4-11-14(2)6-8/h4,6-7H,3,5H2,1-2H3,(H,12,16)/t7-/m1/s1. The Morgan fingerprint density at radius 1 is 1.56 bits per heavy atom. The van der Waals surface area contributed by atoms with Crippen molar-refractivity contribution in [2.75, 3.05) is 18.9 Å². The molecule has 0 saturated carbocycles. The van der Waals surface area contributed by atoms with Gasteiger partial charge in [-0.1, -0.05) is 0 Å². The van der Waals surface area contributed by atoms with E-state index in [1.165, 1.54) is 0 Å². The van der Waals surface area contributed by atoms with E-state index >= 15 is 0 Å². The Kier molecular flexibility index (Phi) is 2.64. The monoisotopic (exact) mass is 222 g/mol. The minimum absolute atomic E-state index is 0.0198. The first-order valence-corrected chi connectivity index (χ1v) is 5.09. The lowest BCUT2D eigenvalue weighted by Gasteiger charge is -2.09. The number of anilines is 1. The molecule has 2 amide bonds. The lowest BCUT2D eigenvalue weighted by molar-refractivity contribution is -0.127. The van der Waals surface area contributed by atoms with E-state index in [0.717, 1.165) is 0 Å². The number of hydrogen-bond donors (Lipinski definition) is 1.